The van der Waals surface area contributed by atoms with Crippen molar-refractivity contribution in [1.82, 2.24) is 19.9 Å². The van der Waals surface area contributed by atoms with Crippen LogP contribution in [0.3, 0.4) is 0 Å². The summed E-state index contributed by atoms with van der Waals surface area (Å²) < 4.78 is 10.3. The van der Waals surface area contributed by atoms with Gasteiger partial charge in [0.1, 0.15) is 10.0 Å². The molecule has 0 saturated heterocycles. The van der Waals surface area contributed by atoms with Crippen LogP contribution in [0.4, 0.5) is 0 Å². The van der Waals surface area contributed by atoms with Gasteiger partial charge >= 0.3 is 0 Å². The molecule has 0 amide bonds. The van der Waals surface area contributed by atoms with Gasteiger partial charge in [-0.25, -0.2) is 9.97 Å². The zero-order valence-corrected chi connectivity index (χ0v) is 16.1. The van der Waals surface area contributed by atoms with Crippen molar-refractivity contribution in [3.63, 3.8) is 0 Å². The summed E-state index contributed by atoms with van der Waals surface area (Å²) in [6.45, 7) is 5.03. The van der Waals surface area contributed by atoms with E-state index in [1.807, 2.05) is 6.92 Å². The average Bonchev–Trinajstić information content (AvgIpc) is 2.55. The van der Waals surface area contributed by atoms with Crippen molar-refractivity contribution in [2.75, 3.05) is 13.2 Å². The van der Waals surface area contributed by atoms with Gasteiger partial charge in [0.15, 0.2) is 0 Å². The molecule has 2 rings (SSSR count). The van der Waals surface area contributed by atoms with Crippen molar-refractivity contribution >= 4 is 46.4 Å². The summed E-state index contributed by atoms with van der Waals surface area (Å²) >= 11 is 22.5. The fraction of sp³-hybridized carbons (Fsp3) is 0.429. The number of aromatic nitrogens is 4. The van der Waals surface area contributed by atoms with Gasteiger partial charge in [-0.2, -0.15) is 9.97 Å². The SMILES string of the molecule is CCCCOc1nc(Cl)ncc1Cl.CCOc1nc(Cl)ncc1Cl. The zero-order valence-electron chi connectivity index (χ0n) is 13.1. The molecule has 2 aromatic rings. The molecule has 0 atom stereocenters. The molecule has 0 saturated carbocycles. The third-order valence-electron chi connectivity index (χ3n) is 2.38. The first-order valence-electron chi connectivity index (χ1n) is 7.09. The van der Waals surface area contributed by atoms with Gasteiger partial charge < -0.3 is 9.47 Å². The third-order valence-corrected chi connectivity index (χ3v) is 3.27. The number of rotatable bonds is 6. The van der Waals surface area contributed by atoms with Gasteiger partial charge in [-0.1, -0.05) is 36.5 Å². The van der Waals surface area contributed by atoms with Crippen LogP contribution in [0.15, 0.2) is 12.4 Å². The Labute approximate surface area is 160 Å². The summed E-state index contributed by atoms with van der Waals surface area (Å²) in [5, 5.41) is 1.05. The molecule has 132 valence electrons. The second kappa shape index (κ2) is 11.5. The molecule has 6 nitrogen and oxygen atoms in total. The lowest BCUT2D eigenvalue weighted by Crippen LogP contribution is -1.99. The molecule has 10 heteroatoms. The van der Waals surface area contributed by atoms with Gasteiger partial charge in [0.2, 0.25) is 22.3 Å². The fourth-order valence-electron chi connectivity index (χ4n) is 1.31. The molecule has 0 aromatic carbocycles. The third kappa shape index (κ3) is 7.66. The van der Waals surface area contributed by atoms with E-state index in [2.05, 4.69) is 26.9 Å². The highest BCUT2D eigenvalue weighted by atomic mass is 35.5. The van der Waals surface area contributed by atoms with Gasteiger partial charge in [0, 0.05) is 0 Å². The van der Waals surface area contributed by atoms with Crippen LogP contribution in [0.5, 0.6) is 11.8 Å². The maximum absolute atomic E-state index is 5.77. The highest BCUT2D eigenvalue weighted by Crippen LogP contribution is 2.22. The van der Waals surface area contributed by atoms with Crippen molar-refractivity contribution in [2.24, 2.45) is 0 Å². The van der Waals surface area contributed by atoms with Gasteiger partial charge in [0.05, 0.1) is 25.6 Å². The second-order valence-electron chi connectivity index (χ2n) is 4.22. The number of nitrogens with zero attached hydrogens (tertiary/aromatic N) is 4. The van der Waals surface area contributed by atoms with Crippen LogP contribution < -0.4 is 9.47 Å². The molecule has 0 aliphatic heterocycles. The minimum atomic E-state index is 0.137. The summed E-state index contributed by atoms with van der Waals surface area (Å²) in [6, 6.07) is 0. The van der Waals surface area contributed by atoms with Crippen molar-refractivity contribution in [1.29, 1.82) is 0 Å². The van der Waals surface area contributed by atoms with E-state index < -0.39 is 0 Å². The summed E-state index contributed by atoms with van der Waals surface area (Å²) in [5.74, 6) is 0.685. The van der Waals surface area contributed by atoms with Crippen molar-refractivity contribution in [3.8, 4) is 11.8 Å². The topological polar surface area (TPSA) is 70.0 Å². The average molecular weight is 414 g/mol. The van der Waals surface area contributed by atoms with Crippen LogP contribution in [-0.2, 0) is 0 Å². The molecule has 24 heavy (non-hydrogen) atoms. The minimum absolute atomic E-state index is 0.137. The molecule has 0 spiro atoms. The van der Waals surface area contributed by atoms with Crippen LogP contribution in [0.2, 0.25) is 20.6 Å². The van der Waals surface area contributed by atoms with E-state index in [-0.39, 0.29) is 10.6 Å². The lowest BCUT2D eigenvalue weighted by Gasteiger charge is -2.04. The van der Waals surface area contributed by atoms with Crippen LogP contribution in [-0.4, -0.2) is 33.1 Å². The van der Waals surface area contributed by atoms with Gasteiger partial charge in [0.25, 0.3) is 0 Å². The smallest absolute Gasteiger partial charge is 0.237 e. The van der Waals surface area contributed by atoms with E-state index in [9.17, 15) is 0 Å². The van der Waals surface area contributed by atoms with Crippen molar-refractivity contribution in [2.45, 2.75) is 26.7 Å². The highest BCUT2D eigenvalue weighted by Gasteiger charge is 2.04. The number of halogens is 4. The normalized spacial score (nSPS) is 9.92. The van der Waals surface area contributed by atoms with Gasteiger partial charge in [-0.3, -0.25) is 0 Å². The molecule has 0 fully saturated rings. The van der Waals surface area contributed by atoms with Gasteiger partial charge in [-0.15, -0.1) is 0 Å². The number of unbranched alkanes of at least 4 members (excludes halogenated alkanes) is 1. The van der Waals surface area contributed by atoms with Crippen molar-refractivity contribution < 1.29 is 9.47 Å². The monoisotopic (exact) mass is 412 g/mol. The Morgan fingerprint density at radius 3 is 1.79 bits per heavy atom. The summed E-state index contributed by atoms with van der Waals surface area (Å²) in [6.07, 6.45) is 4.87. The molecule has 0 aliphatic rings. The Morgan fingerprint density at radius 1 is 0.833 bits per heavy atom. The summed E-state index contributed by atoms with van der Waals surface area (Å²) in [4.78, 5) is 15.0. The highest BCUT2D eigenvalue weighted by molar-refractivity contribution is 6.33. The first kappa shape index (κ1) is 21.0. The molecule has 0 N–H and O–H groups in total. The molecule has 2 heterocycles. The molecular formula is C14H16Cl4N4O2. The molecule has 2 aromatic heterocycles. The first-order valence-corrected chi connectivity index (χ1v) is 8.60. The Hall–Kier alpha value is -1.08. The van der Waals surface area contributed by atoms with Crippen molar-refractivity contribution in [3.05, 3.63) is 33.0 Å². The minimum Gasteiger partial charge on any atom is -0.477 e. The Kier molecular flexibility index (Phi) is 10.0. The number of hydrogen-bond acceptors (Lipinski definition) is 6. The molecule has 0 bridgehead atoms. The summed E-state index contributed by atoms with van der Waals surface area (Å²) in [7, 11) is 0. The van der Waals surface area contributed by atoms with E-state index in [1.54, 1.807) is 0 Å². The maximum Gasteiger partial charge on any atom is 0.237 e. The predicted octanol–water partition coefficient (Wildman–Crippen LogP) is 5.14. The maximum atomic E-state index is 5.77. The standard InChI is InChI=1S/C8H10Cl2N2O.C6H6Cl2N2O/c1-2-3-4-13-7-6(9)5-11-8(10)12-7;1-2-11-5-4(7)3-9-6(8)10-5/h5H,2-4H2,1H3;3H,2H2,1H3. The van der Waals surface area contributed by atoms with E-state index in [1.165, 1.54) is 12.4 Å². The summed E-state index contributed by atoms with van der Waals surface area (Å²) in [5.41, 5.74) is 0. The molecule has 0 radical (unpaired) electrons. The van der Waals surface area contributed by atoms with E-state index >= 15 is 0 Å². The lowest BCUT2D eigenvalue weighted by molar-refractivity contribution is 0.297. The largest absolute Gasteiger partial charge is 0.477 e. The first-order chi connectivity index (χ1) is 11.5. The Morgan fingerprint density at radius 2 is 1.33 bits per heavy atom. The number of hydrogen-bond donors (Lipinski definition) is 0. The van der Waals surface area contributed by atoms with Crippen LogP contribution in [0.1, 0.15) is 26.7 Å². The second-order valence-corrected chi connectivity index (χ2v) is 5.71. The van der Waals surface area contributed by atoms with Crippen LogP contribution >= 0.6 is 46.4 Å². The van der Waals surface area contributed by atoms with Crippen LogP contribution in [0.25, 0.3) is 0 Å². The van der Waals surface area contributed by atoms with Gasteiger partial charge in [-0.05, 0) is 36.5 Å². The van der Waals surface area contributed by atoms with E-state index in [0.29, 0.717) is 35.0 Å². The van der Waals surface area contributed by atoms with Crippen LogP contribution in [0, 0.1) is 0 Å². The van der Waals surface area contributed by atoms with E-state index in [4.69, 9.17) is 55.9 Å². The quantitative estimate of drug-likeness (QED) is 0.482. The Bertz CT molecular complexity index is 646. The molecule has 0 unspecified atom stereocenters. The molecule has 0 aliphatic carbocycles. The fourth-order valence-corrected chi connectivity index (χ4v) is 1.86. The number of ether oxygens (including phenoxy) is 2. The molecular weight excluding hydrogens is 398 g/mol. The van der Waals surface area contributed by atoms with E-state index in [0.717, 1.165) is 12.8 Å². The predicted molar refractivity (Wildman–Crippen MR) is 95.7 cm³/mol. The lowest BCUT2D eigenvalue weighted by atomic mass is 10.4. The zero-order chi connectivity index (χ0) is 17.9. The Balaban J connectivity index is 0.000000243.